The number of hydrogen-bond acceptors (Lipinski definition) is 5. The van der Waals surface area contributed by atoms with Gasteiger partial charge in [0.25, 0.3) is 0 Å². The van der Waals surface area contributed by atoms with Crippen molar-refractivity contribution in [2.75, 3.05) is 6.61 Å². The lowest BCUT2D eigenvalue weighted by molar-refractivity contribution is -0.142. The second-order valence-electron chi connectivity index (χ2n) is 3.39. The maximum atomic E-state index is 11.3. The Morgan fingerprint density at radius 2 is 2.18 bits per heavy atom. The first-order valence-electron chi connectivity index (χ1n) is 5.13. The number of esters is 1. The SMILES string of the molecule is CCOC(=O)Cc1cc(O)c(C#N)cc1CO. The normalized spacial score (nSPS) is 9.71. The van der Waals surface area contributed by atoms with Crippen LogP contribution in [-0.4, -0.2) is 22.8 Å². The summed E-state index contributed by atoms with van der Waals surface area (Å²) in [5.74, 6) is -0.643. The van der Waals surface area contributed by atoms with E-state index in [1.165, 1.54) is 12.1 Å². The number of phenolic OH excluding ortho intramolecular Hbond substituents is 1. The van der Waals surface area contributed by atoms with Gasteiger partial charge in [-0.2, -0.15) is 5.26 Å². The predicted octanol–water partition coefficient (Wildman–Crippen LogP) is 0.862. The molecule has 0 fully saturated rings. The zero-order valence-electron chi connectivity index (χ0n) is 9.43. The first-order chi connectivity index (χ1) is 8.12. The molecule has 2 N–H and O–H groups in total. The number of carbonyl (C=O) groups excluding carboxylic acids is 1. The summed E-state index contributed by atoms with van der Waals surface area (Å²) in [6, 6.07) is 4.47. The van der Waals surface area contributed by atoms with Crippen LogP contribution in [0, 0.1) is 11.3 Å². The molecule has 0 saturated heterocycles. The number of aliphatic hydroxyl groups is 1. The Balaban J connectivity index is 3.03. The molecule has 0 aliphatic carbocycles. The number of aliphatic hydroxyl groups excluding tert-OH is 1. The predicted molar refractivity (Wildman–Crippen MR) is 59.1 cm³/mol. The number of nitriles is 1. The first-order valence-corrected chi connectivity index (χ1v) is 5.13. The van der Waals surface area contributed by atoms with Crippen molar-refractivity contribution in [3.05, 3.63) is 28.8 Å². The molecular formula is C12H13NO4. The maximum Gasteiger partial charge on any atom is 0.310 e. The summed E-state index contributed by atoms with van der Waals surface area (Å²) in [5.41, 5.74) is 0.969. The third-order valence-electron chi connectivity index (χ3n) is 2.25. The smallest absolute Gasteiger partial charge is 0.310 e. The number of carbonyl (C=O) groups is 1. The van der Waals surface area contributed by atoms with Crippen LogP contribution >= 0.6 is 0 Å². The van der Waals surface area contributed by atoms with Crippen LogP contribution in [0.1, 0.15) is 23.6 Å². The topological polar surface area (TPSA) is 90.5 Å². The molecule has 0 amide bonds. The van der Waals surface area contributed by atoms with Gasteiger partial charge in [0.15, 0.2) is 0 Å². The minimum Gasteiger partial charge on any atom is -0.507 e. The molecule has 0 saturated carbocycles. The van der Waals surface area contributed by atoms with Gasteiger partial charge in [0.05, 0.1) is 25.2 Å². The van der Waals surface area contributed by atoms with E-state index in [2.05, 4.69) is 0 Å². The number of aromatic hydroxyl groups is 1. The molecule has 0 aliphatic heterocycles. The Labute approximate surface area is 98.9 Å². The zero-order valence-corrected chi connectivity index (χ0v) is 9.43. The maximum absolute atomic E-state index is 11.3. The van der Waals surface area contributed by atoms with Crippen molar-refractivity contribution >= 4 is 5.97 Å². The Morgan fingerprint density at radius 3 is 2.71 bits per heavy atom. The summed E-state index contributed by atoms with van der Waals surface area (Å²) >= 11 is 0. The van der Waals surface area contributed by atoms with E-state index in [0.29, 0.717) is 11.1 Å². The molecular weight excluding hydrogens is 222 g/mol. The van der Waals surface area contributed by atoms with Crippen LogP contribution in [0.5, 0.6) is 5.75 Å². The lowest BCUT2D eigenvalue weighted by Crippen LogP contribution is -2.09. The number of ether oxygens (including phenoxy) is 1. The van der Waals surface area contributed by atoms with Crippen LogP contribution in [0.3, 0.4) is 0 Å². The van der Waals surface area contributed by atoms with E-state index in [0.717, 1.165) is 0 Å². The van der Waals surface area contributed by atoms with Gasteiger partial charge in [0.1, 0.15) is 11.8 Å². The minimum absolute atomic E-state index is 0.0387. The number of nitrogens with zero attached hydrogens (tertiary/aromatic N) is 1. The van der Waals surface area contributed by atoms with Crippen LogP contribution in [-0.2, 0) is 22.6 Å². The molecule has 17 heavy (non-hydrogen) atoms. The molecule has 0 atom stereocenters. The summed E-state index contributed by atoms with van der Waals surface area (Å²) < 4.78 is 4.77. The highest BCUT2D eigenvalue weighted by atomic mass is 16.5. The Kier molecular flexibility index (Phi) is 4.49. The van der Waals surface area contributed by atoms with Gasteiger partial charge in [0.2, 0.25) is 0 Å². The largest absolute Gasteiger partial charge is 0.507 e. The van der Waals surface area contributed by atoms with E-state index in [1.807, 2.05) is 0 Å². The van der Waals surface area contributed by atoms with Gasteiger partial charge in [-0.15, -0.1) is 0 Å². The van der Waals surface area contributed by atoms with E-state index in [4.69, 9.17) is 15.1 Å². The van der Waals surface area contributed by atoms with Crippen molar-refractivity contribution in [1.29, 1.82) is 5.26 Å². The second-order valence-corrected chi connectivity index (χ2v) is 3.39. The van der Waals surface area contributed by atoms with Crippen molar-refractivity contribution in [2.45, 2.75) is 20.0 Å². The van der Waals surface area contributed by atoms with Gasteiger partial charge in [-0.3, -0.25) is 4.79 Å². The molecule has 0 radical (unpaired) electrons. The molecule has 0 heterocycles. The van der Waals surface area contributed by atoms with Crippen molar-refractivity contribution < 1.29 is 19.7 Å². The summed E-state index contributed by atoms with van der Waals surface area (Å²) in [5, 5.41) is 27.3. The molecule has 1 rings (SSSR count). The Hall–Kier alpha value is -2.06. The van der Waals surface area contributed by atoms with E-state index in [-0.39, 0.29) is 30.9 Å². The van der Waals surface area contributed by atoms with Gasteiger partial charge in [-0.1, -0.05) is 0 Å². The number of rotatable bonds is 4. The van der Waals surface area contributed by atoms with Gasteiger partial charge in [-0.05, 0) is 30.2 Å². The molecule has 0 spiro atoms. The molecule has 1 aromatic rings. The van der Waals surface area contributed by atoms with E-state index in [1.54, 1.807) is 13.0 Å². The first kappa shape index (κ1) is 13.0. The fraction of sp³-hybridized carbons (Fsp3) is 0.333. The molecule has 5 nitrogen and oxygen atoms in total. The van der Waals surface area contributed by atoms with Crippen LogP contribution in [0.4, 0.5) is 0 Å². The van der Waals surface area contributed by atoms with Crippen molar-refractivity contribution in [3.63, 3.8) is 0 Å². The van der Waals surface area contributed by atoms with Crippen molar-refractivity contribution in [1.82, 2.24) is 0 Å². The minimum atomic E-state index is -0.439. The molecule has 0 unspecified atom stereocenters. The lowest BCUT2D eigenvalue weighted by atomic mass is 10.0. The molecule has 0 aliphatic rings. The summed E-state index contributed by atoms with van der Waals surface area (Å²) in [6.45, 7) is 1.67. The average Bonchev–Trinajstić information content (AvgIpc) is 2.29. The highest BCUT2D eigenvalue weighted by Gasteiger charge is 2.12. The third kappa shape index (κ3) is 3.20. The standard InChI is InChI=1S/C12H13NO4/c1-2-17-12(16)5-8-4-11(15)9(6-13)3-10(8)7-14/h3-4,14-15H,2,5,7H2,1H3. The van der Waals surface area contributed by atoms with Crippen LogP contribution in [0.2, 0.25) is 0 Å². The summed E-state index contributed by atoms with van der Waals surface area (Å²) in [7, 11) is 0. The molecule has 0 aromatic heterocycles. The molecule has 5 heteroatoms. The molecule has 90 valence electrons. The monoisotopic (exact) mass is 235 g/mol. The fourth-order valence-electron chi connectivity index (χ4n) is 1.45. The number of hydrogen-bond donors (Lipinski definition) is 2. The van der Waals surface area contributed by atoms with E-state index < -0.39 is 5.97 Å². The average molecular weight is 235 g/mol. The number of benzene rings is 1. The van der Waals surface area contributed by atoms with E-state index >= 15 is 0 Å². The van der Waals surface area contributed by atoms with Crippen LogP contribution in [0.25, 0.3) is 0 Å². The Bertz CT molecular complexity index is 462. The van der Waals surface area contributed by atoms with Gasteiger partial charge in [-0.25, -0.2) is 0 Å². The van der Waals surface area contributed by atoms with E-state index in [9.17, 15) is 9.90 Å². The third-order valence-corrected chi connectivity index (χ3v) is 2.25. The van der Waals surface area contributed by atoms with Crippen LogP contribution < -0.4 is 0 Å². The fourth-order valence-corrected chi connectivity index (χ4v) is 1.45. The van der Waals surface area contributed by atoms with Crippen LogP contribution in [0.15, 0.2) is 12.1 Å². The summed E-state index contributed by atoms with van der Waals surface area (Å²) in [6.07, 6.45) is -0.0387. The lowest BCUT2D eigenvalue weighted by Gasteiger charge is -2.08. The number of phenols is 1. The second kappa shape index (κ2) is 5.87. The Morgan fingerprint density at radius 1 is 1.47 bits per heavy atom. The quantitative estimate of drug-likeness (QED) is 0.755. The summed E-state index contributed by atoms with van der Waals surface area (Å²) in [4.78, 5) is 11.3. The van der Waals surface area contributed by atoms with Gasteiger partial charge >= 0.3 is 5.97 Å². The van der Waals surface area contributed by atoms with Gasteiger partial charge < -0.3 is 14.9 Å². The molecule has 1 aromatic carbocycles. The molecule has 0 bridgehead atoms. The zero-order chi connectivity index (χ0) is 12.8. The van der Waals surface area contributed by atoms with Gasteiger partial charge in [0, 0.05) is 0 Å². The van der Waals surface area contributed by atoms with Crippen molar-refractivity contribution in [2.24, 2.45) is 0 Å². The van der Waals surface area contributed by atoms with Crippen molar-refractivity contribution in [3.8, 4) is 11.8 Å². The highest BCUT2D eigenvalue weighted by Crippen LogP contribution is 2.22. The highest BCUT2D eigenvalue weighted by molar-refractivity contribution is 5.73.